The van der Waals surface area contributed by atoms with Gasteiger partial charge < -0.3 is 20.7 Å². The second-order valence-electron chi connectivity index (χ2n) is 7.11. The molecule has 0 fully saturated rings. The van der Waals surface area contributed by atoms with Crippen LogP contribution in [0.25, 0.3) is 5.57 Å². The molecule has 3 rings (SSSR count). The number of aromatic amines is 1. The highest BCUT2D eigenvalue weighted by atomic mass is 16.3. The Morgan fingerprint density at radius 2 is 2.25 bits per heavy atom. The fourth-order valence-corrected chi connectivity index (χ4v) is 3.10. The van der Waals surface area contributed by atoms with Gasteiger partial charge in [-0.15, -0.1) is 0 Å². The molecule has 0 saturated heterocycles. The zero-order valence-electron chi connectivity index (χ0n) is 14.9. The van der Waals surface area contributed by atoms with Gasteiger partial charge in [-0.1, -0.05) is 19.9 Å². The van der Waals surface area contributed by atoms with Gasteiger partial charge in [0.15, 0.2) is 5.82 Å². The molecule has 0 amide bonds. The lowest BCUT2D eigenvalue weighted by Crippen LogP contribution is -2.30. The van der Waals surface area contributed by atoms with Crippen molar-refractivity contribution in [2.75, 3.05) is 18.4 Å². The van der Waals surface area contributed by atoms with Crippen molar-refractivity contribution in [3.05, 3.63) is 17.6 Å². The first kappa shape index (κ1) is 17.0. The van der Waals surface area contributed by atoms with Crippen LogP contribution < -0.4 is 10.6 Å². The summed E-state index contributed by atoms with van der Waals surface area (Å²) in [5.74, 6) is 2.67. The molecule has 132 valence electrons. The first-order chi connectivity index (χ1) is 11.5. The molecule has 2 heterocycles. The van der Waals surface area contributed by atoms with Gasteiger partial charge in [-0.25, -0.2) is 4.98 Å². The summed E-state index contributed by atoms with van der Waals surface area (Å²) in [6.07, 6.45) is 6.49. The number of aromatic nitrogens is 2. The first-order valence-electron chi connectivity index (χ1n) is 9.09. The largest absolute Gasteiger partial charge is 0.390 e. The van der Waals surface area contributed by atoms with Gasteiger partial charge in [-0.3, -0.25) is 4.99 Å². The van der Waals surface area contributed by atoms with Crippen molar-refractivity contribution in [1.82, 2.24) is 15.3 Å². The van der Waals surface area contributed by atoms with E-state index in [0.29, 0.717) is 12.5 Å². The maximum Gasteiger partial charge on any atom is 0.156 e. The van der Waals surface area contributed by atoms with Crippen LogP contribution in [0.15, 0.2) is 11.1 Å². The second-order valence-corrected chi connectivity index (χ2v) is 7.11. The van der Waals surface area contributed by atoms with Crippen molar-refractivity contribution in [2.24, 2.45) is 4.99 Å². The summed E-state index contributed by atoms with van der Waals surface area (Å²) < 4.78 is 0. The number of hydrogen-bond donors (Lipinski definition) is 4. The first-order valence-corrected chi connectivity index (χ1v) is 9.09. The van der Waals surface area contributed by atoms with Crippen LogP contribution in [0.4, 0.5) is 5.82 Å². The Morgan fingerprint density at radius 1 is 1.42 bits per heavy atom. The number of nitrogens with one attached hydrogen (secondary N) is 3. The molecule has 0 radical (unpaired) electrons. The summed E-state index contributed by atoms with van der Waals surface area (Å²) in [7, 11) is 0. The molecule has 1 aliphatic carbocycles. The van der Waals surface area contributed by atoms with Gasteiger partial charge in [0.1, 0.15) is 17.4 Å². The maximum atomic E-state index is 10.1. The lowest BCUT2D eigenvalue weighted by atomic mass is 9.87. The number of H-pyrrole nitrogens is 1. The number of imidazole rings is 1. The second kappa shape index (κ2) is 6.97. The standard InChI is InChI=1S/C18H29N5O/c1-4-10-19-16-14(17-20-11-13(5-2)21-17)22-15(23-16)12-6-8-18(3,24)9-7-12/h6,13,19,24H,4-5,7-11H2,1-3H3,(H,20,21)(H,22,23)/t13-,18?/m1/s1. The molecule has 6 heteroatoms. The van der Waals surface area contributed by atoms with Gasteiger partial charge in [0, 0.05) is 12.6 Å². The number of aliphatic imine (C=N–C) groups is 1. The summed E-state index contributed by atoms with van der Waals surface area (Å²) in [5, 5.41) is 17.0. The van der Waals surface area contributed by atoms with Crippen molar-refractivity contribution < 1.29 is 5.11 Å². The van der Waals surface area contributed by atoms with E-state index >= 15 is 0 Å². The molecule has 1 unspecified atom stereocenters. The lowest BCUT2D eigenvalue weighted by Gasteiger charge is -2.26. The predicted molar refractivity (Wildman–Crippen MR) is 98.4 cm³/mol. The Morgan fingerprint density at radius 3 is 2.88 bits per heavy atom. The monoisotopic (exact) mass is 331 g/mol. The lowest BCUT2D eigenvalue weighted by molar-refractivity contribution is 0.0523. The summed E-state index contributed by atoms with van der Waals surface area (Å²) >= 11 is 0. The van der Waals surface area contributed by atoms with Crippen molar-refractivity contribution >= 4 is 17.2 Å². The van der Waals surface area contributed by atoms with Crippen LogP contribution in [0, 0.1) is 0 Å². The zero-order valence-corrected chi connectivity index (χ0v) is 14.9. The normalized spacial score (nSPS) is 26.8. The third-order valence-electron chi connectivity index (χ3n) is 4.81. The van der Waals surface area contributed by atoms with Crippen molar-refractivity contribution in [3.8, 4) is 0 Å². The van der Waals surface area contributed by atoms with Crippen LogP contribution in [0.5, 0.6) is 0 Å². The molecule has 0 bridgehead atoms. The Hall–Kier alpha value is -1.82. The molecule has 4 N–H and O–H groups in total. The van der Waals surface area contributed by atoms with Crippen molar-refractivity contribution in [3.63, 3.8) is 0 Å². The Labute approximate surface area is 143 Å². The van der Waals surface area contributed by atoms with Gasteiger partial charge in [0.05, 0.1) is 12.1 Å². The number of nitrogens with zero attached hydrogens (tertiary/aromatic N) is 2. The number of amidine groups is 1. The molecule has 1 aromatic heterocycles. The number of rotatable bonds is 6. The fourth-order valence-electron chi connectivity index (χ4n) is 3.10. The van der Waals surface area contributed by atoms with Gasteiger partial charge in [0.2, 0.25) is 0 Å². The van der Waals surface area contributed by atoms with Crippen molar-refractivity contribution in [1.29, 1.82) is 0 Å². The van der Waals surface area contributed by atoms with E-state index in [1.807, 2.05) is 6.92 Å². The predicted octanol–water partition coefficient (Wildman–Crippen LogP) is 2.68. The summed E-state index contributed by atoms with van der Waals surface area (Å²) in [4.78, 5) is 12.9. The molecule has 2 aliphatic rings. The van der Waals surface area contributed by atoms with Gasteiger partial charge in [0.25, 0.3) is 0 Å². The van der Waals surface area contributed by atoms with E-state index in [1.165, 1.54) is 5.57 Å². The molecule has 6 nitrogen and oxygen atoms in total. The number of aliphatic hydroxyl groups is 1. The topological polar surface area (TPSA) is 85.3 Å². The van der Waals surface area contributed by atoms with Gasteiger partial charge in [-0.05, 0) is 44.6 Å². The van der Waals surface area contributed by atoms with E-state index in [2.05, 4.69) is 40.5 Å². The Kier molecular flexibility index (Phi) is 4.94. The SMILES string of the molecule is CCCNc1nc(C2=CCC(C)(O)CC2)[nH]c1C1=NC[C@@H](CC)N1. The van der Waals surface area contributed by atoms with Crippen LogP contribution in [-0.4, -0.2) is 45.6 Å². The van der Waals surface area contributed by atoms with E-state index in [1.54, 1.807) is 0 Å². The Bertz CT molecular complexity index is 644. The molecule has 1 aliphatic heterocycles. The van der Waals surface area contributed by atoms with E-state index in [4.69, 9.17) is 4.98 Å². The molecule has 24 heavy (non-hydrogen) atoms. The van der Waals surface area contributed by atoms with E-state index in [0.717, 1.165) is 61.9 Å². The number of hydrogen-bond acceptors (Lipinski definition) is 5. The molecule has 0 saturated carbocycles. The zero-order chi connectivity index (χ0) is 17.2. The van der Waals surface area contributed by atoms with Gasteiger partial charge >= 0.3 is 0 Å². The highest BCUT2D eigenvalue weighted by molar-refractivity contribution is 6.02. The van der Waals surface area contributed by atoms with Crippen LogP contribution in [0.1, 0.15) is 64.4 Å². The van der Waals surface area contributed by atoms with E-state index < -0.39 is 5.60 Å². The minimum atomic E-state index is -0.590. The molecule has 1 aromatic rings. The van der Waals surface area contributed by atoms with Crippen LogP contribution in [0.2, 0.25) is 0 Å². The van der Waals surface area contributed by atoms with Crippen molar-refractivity contribution in [2.45, 2.75) is 64.5 Å². The molecule has 0 spiro atoms. The highest BCUT2D eigenvalue weighted by Gasteiger charge is 2.27. The van der Waals surface area contributed by atoms with Gasteiger partial charge in [-0.2, -0.15) is 0 Å². The minimum absolute atomic E-state index is 0.412. The summed E-state index contributed by atoms with van der Waals surface area (Å²) in [5.41, 5.74) is 1.54. The summed E-state index contributed by atoms with van der Waals surface area (Å²) in [6, 6.07) is 0.412. The quantitative estimate of drug-likeness (QED) is 0.646. The molecule has 2 atom stereocenters. The molecular formula is C18H29N5O. The van der Waals surface area contributed by atoms with Crippen LogP contribution >= 0.6 is 0 Å². The van der Waals surface area contributed by atoms with E-state index in [9.17, 15) is 5.11 Å². The van der Waals surface area contributed by atoms with Crippen LogP contribution in [-0.2, 0) is 0 Å². The molecule has 0 aromatic carbocycles. The minimum Gasteiger partial charge on any atom is -0.390 e. The van der Waals surface area contributed by atoms with E-state index in [-0.39, 0.29) is 0 Å². The third-order valence-corrected chi connectivity index (χ3v) is 4.81. The average Bonchev–Trinajstić information content (AvgIpc) is 3.19. The number of anilines is 1. The number of allylic oxidation sites excluding steroid dienone is 1. The maximum absolute atomic E-state index is 10.1. The highest BCUT2D eigenvalue weighted by Crippen LogP contribution is 2.32. The van der Waals surface area contributed by atoms with Crippen LogP contribution in [0.3, 0.4) is 0 Å². The molecular weight excluding hydrogens is 302 g/mol. The fraction of sp³-hybridized carbons (Fsp3) is 0.667. The Balaban J connectivity index is 1.85. The average molecular weight is 331 g/mol. The summed E-state index contributed by atoms with van der Waals surface area (Å²) in [6.45, 7) is 7.91. The third kappa shape index (κ3) is 3.64. The smallest absolute Gasteiger partial charge is 0.156 e.